The maximum Gasteiger partial charge on any atom is 0.222 e. The molecule has 4 atom stereocenters. The van der Waals surface area contributed by atoms with E-state index in [1.807, 2.05) is 17.4 Å². The third kappa shape index (κ3) is 2.09. The topological polar surface area (TPSA) is 58.4 Å². The molecule has 0 aromatic carbocycles. The van der Waals surface area contributed by atoms with E-state index in [1.54, 1.807) is 11.3 Å². The second kappa shape index (κ2) is 5.43. The van der Waals surface area contributed by atoms with Gasteiger partial charge in [-0.15, -0.1) is 11.3 Å². The highest BCUT2D eigenvalue weighted by Gasteiger charge is 2.40. The lowest BCUT2D eigenvalue weighted by Crippen LogP contribution is -2.43. The summed E-state index contributed by atoms with van der Waals surface area (Å²) in [6.07, 6.45) is 7.74. The quantitative estimate of drug-likeness (QED) is 0.932. The summed E-state index contributed by atoms with van der Waals surface area (Å²) in [6, 6.07) is 2.72. The van der Waals surface area contributed by atoms with Crippen molar-refractivity contribution in [2.75, 3.05) is 6.54 Å². The number of carbonyl (C=O) groups is 1. The number of aliphatic hydroxyl groups excluding tert-OH is 1. The predicted molar refractivity (Wildman–Crippen MR) is 91.8 cm³/mol. The van der Waals surface area contributed by atoms with Crippen LogP contribution in [-0.4, -0.2) is 44.2 Å². The van der Waals surface area contributed by atoms with Crippen molar-refractivity contribution < 1.29 is 9.90 Å². The van der Waals surface area contributed by atoms with E-state index in [0.717, 1.165) is 32.2 Å². The Morgan fingerprint density at radius 2 is 2.33 bits per heavy atom. The van der Waals surface area contributed by atoms with E-state index in [-0.39, 0.29) is 12.1 Å². The maximum absolute atomic E-state index is 11.8. The van der Waals surface area contributed by atoms with Crippen LogP contribution in [0, 0.1) is 5.92 Å². The molecule has 0 saturated carbocycles. The molecule has 1 amide bonds. The summed E-state index contributed by atoms with van der Waals surface area (Å²) in [4.78, 5) is 19.5. The molecule has 2 fully saturated rings. The second-order valence-electron chi connectivity index (χ2n) is 7.27. The number of amides is 1. The molecule has 5 nitrogen and oxygen atoms in total. The van der Waals surface area contributed by atoms with Crippen molar-refractivity contribution in [3.05, 3.63) is 28.8 Å². The lowest BCUT2D eigenvalue weighted by molar-refractivity contribution is -0.131. The largest absolute Gasteiger partial charge is 0.393 e. The molecule has 0 aliphatic carbocycles. The number of fused-ring (bicyclic) bond motifs is 4. The number of aromatic nitrogens is 2. The van der Waals surface area contributed by atoms with E-state index >= 15 is 0 Å². The molecule has 0 unspecified atom stereocenters. The third-order valence-electron chi connectivity index (χ3n) is 6.05. The number of rotatable bonds is 3. The number of carbonyl (C=O) groups excluding carboxylic acids is 1. The van der Waals surface area contributed by atoms with Gasteiger partial charge in [0.15, 0.2) is 0 Å². The first-order valence-corrected chi connectivity index (χ1v) is 9.67. The van der Waals surface area contributed by atoms with Gasteiger partial charge in [-0.05, 0) is 43.0 Å². The smallest absolute Gasteiger partial charge is 0.222 e. The molecule has 6 heteroatoms. The zero-order valence-corrected chi connectivity index (χ0v) is 14.3. The van der Waals surface area contributed by atoms with Gasteiger partial charge in [-0.2, -0.15) is 0 Å². The minimum Gasteiger partial charge on any atom is -0.393 e. The van der Waals surface area contributed by atoms with Gasteiger partial charge in [0.1, 0.15) is 0 Å². The lowest BCUT2D eigenvalue weighted by atomic mass is 9.84. The molecule has 5 heterocycles. The van der Waals surface area contributed by atoms with Crippen molar-refractivity contribution >= 4 is 17.2 Å². The molecule has 0 spiro atoms. The Balaban J connectivity index is 1.33. The van der Waals surface area contributed by atoms with Crippen molar-refractivity contribution in [3.63, 3.8) is 0 Å². The number of hydrogen-bond donors (Lipinski definition) is 1. The fourth-order valence-electron chi connectivity index (χ4n) is 4.79. The van der Waals surface area contributed by atoms with Gasteiger partial charge < -0.3 is 14.6 Å². The van der Waals surface area contributed by atoms with E-state index in [0.29, 0.717) is 24.3 Å². The standard InChI is InChI=1S/C18H21N3O2S/c22-16(11-3-5-20-12(7-11)1-2-17(20)23)8-14-18-13(4-6-24-18)15-9-19-10-21(14)15/h4,6,9-12,14,16,22H,1-3,5,7-8H2/t11-,12-,14+,16+/m1/s1. The second-order valence-corrected chi connectivity index (χ2v) is 8.22. The van der Waals surface area contributed by atoms with Crippen LogP contribution in [0.5, 0.6) is 0 Å². The van der Waals surface area contributed by atoms with Crippen LogP contribution in [0.1, 0.15) is 43.0 Å². The average molecular weight is 343 g/mol. The maximum atomic E-state index is 11.8. The summed E-state index contributed by atoms with van der Waals surface area (Å²) >= 11 is 1.77. The van der Waals surface area contributed by atoms with Gasteiger partial charge in [-0.25, -0.2) is 4.98 Å². The zero-order valence-electron chi connectivity index (χ0n) is 13.5. The molecular formula is C18H21N3O2S. The van der Waals surface area contributed by atoms with Crippen LogP contribution in [0.2, 0.25) is 0 Å². The molecule has 5 rings (SSSR count). The Bertz CT molecular complexity index is 743. The van der Waals surface area contributed by atoms with Gasteiger partial charge in [-0.1, -0.05) is 0 Å². The van der Waals surface area contributed by atoms with E-state index in [9.17, 15) is 9.90 Å². The van der Waals surface area contributed by atoms with E-state index in [4.69, 9.17) is 0 Å². The van der Waals surface area contributed by atoms with Crippen LogP contribution in [-0.2, 0) is 4.79 Å². The molecule has 24 heavy (non-hydrogen) atoms. The van der Waals surface area contributed by atoms with Crippen molar-refractivity contribution in [1.29, 1.82) is 0 Å². The molecule has 3 aliphatic rings. The van der Waals surface area contributed by atoms with Crippen LogP contribution in [0.25, 0.3) is 11.3 Å². The fraction of sp³-hybridized carbons (Fsp3) is 0.556. The predicted octanol–water partition coefficient (Wildman–Crippen LogP) is 2.67. The Morgan fingerprint density at radius 3 is 3.25 bits per heavy atom. The molecule has 0 bridgehead atoms. The van der Waals surface area contributed by atoms with Gasteiger partial charge in [-0.3, -0.25) is 4.79 Å². The normalized spacial score (nSPS) is 29.5. The minimum atomic E-state index is -0.323. The Kier molecular flexibility index (Phi) is 3.31. The molecule has 2 saturated heterocycles. The molecule has 126 valence electrons. The molecule has 2 aromatic rings. The molecule has 2 aromatic heterocycles. The van der Waals surface area contributed by atoms with E-state index in [2.05, 4.69) is 21.0 Å². The number of piperidine rings is 1. The number of hydrogen-bond acceptors (Lipinski definition) is 4. The minimum absolute atomic E-state index is 0.204. The van der Waals surface area contributed by atoms with Crippen LogP contribution >= 0.6 is 11.3 Å². The van der Waals surface area contributed by atoms with Crippen LogP contribution < -0.4 is 0 Å². The molecule has 1 N–H and O–H groups in total. The Morgan fingerprint density at radius 1 is 1.42 bits per heavy atom. The van der Waals surface area contributed by atoms with Crippen LogP contribution in [0.4, 0.5) is 0 Å². The summed E-state index contributed by atoms with van der Waals surface area (Å²) in [6.45, 7) is 0.816. The van der Waals surface area contributed by atoms with Gasteiger partial charge >= 0.3 is 0 Å². The first-order valence-electron chi connectivity index (χ1n) is 8.79. The summed E-state index contributed by atoms with van der Waals surface area (Å²) < 4.78 is 2.21. The van der Waals surface area contributed by atoms with Crippen molar-refractivity contribution in [2.45, 2.75) is 50.3 Å². The molecule has 0 radical (unpaired) electrons. The van der Waals surface area contributed by atoms with E-state index in [1.165, 1.54) is 16.1 Å². The van der Waals surface area contributed by atoms with Crippen molar-refractivity contribution in [3.8, 4) is 11.3 Å². The Hall–Kier alpha value is -1.66. The van der Waals surface area contributed by atoms with Crippen LogP contribution in [0.3, 0.4) is 0 Å². The molecular weight excluding hydrogens is 322 g/mol. The lowest BCUT2D eigenvalue weighted by Gasteiger charge is -2.37. The number of aliphatic hydroxyl groups is 1. The first kappa shape index (κ1) is 14.7. The Labute approximate surface area is 144 Å². The van der Waals surface area contributed by atoms with E-state index < -0.39 is 0 Å². The van der Waals surface area contributed by atoms with Crippen molar-refractivity contribution in [2.24, 2.45) is 5.92 Å². The summed E-state index contributed by atoms with van der Waals surface area (Å²) in [7, 11) is 0. The fourth-order valence-corrected chi connectivity index (χ4v) is 5.80. The monoisotopic (exact) mass is 343 g/mol. The SMILES string of the molecule is O=C1CC[C@@H]2C[C@H]([C@@H](O)C[C@H]3c4sccc4-c4cncn43)CCN12. The van der Waals surface area contributed by atoms with Gasteiger partial charge in [0.2, 0.25) is 5.91 Å². The highest BCUT2D eigenvalue weighted by Crippen LogP contribution is 2.45. The van der Waals surface area contributed by atoms with Gasteiger partial charge in [0.05, 0.1) is 30.4 Å². The number of thiophene rings is 1. The first-order chi connectivity index (χ1) is 11.7. The average Bonchev–Trinajstić information content (AvgIpc) is 3.33. The summed E-state index contributed by atoms with van der Waals surface area (Å²) in [5, 5.41) is 13.0. The zero-order chi connectivity index (χ0) is 16.3. The van der Waals surface area contributed by atoms with Crippen molar-refractivity contribution in [1.82, 2.24) is 14.5 Å². The van der Waals surface area contributed by atoms with Gasteiger partial charge in [0, 0.05) is 29.4 Å². The van der Waals surface area contributed by atoms with Gasteiger partial charge in [0.25, 0.3) is 0 Å². The summed E-state index contributed by atoms with van der Waals surface area (Å²) in [5.74, 6) is 0.600. The van der Waals surface area contributed by atoms with Crippen LogP contribution in [0.15, 0.2) is 24.0 Å². The highest BCUT2D eigenvalue weighted by molar-refractivity contribution is 7.10. The third-order valence-corrected chi connectivity index (χ3v) is 7.07. The molecule has 3 aliphatic heterocycles. The summed E-state index contributed by atoms with van der Waals surface area (Å²) in [5.41, 5.74) is 2.44. The number of nitrogens with zero attached hydrogens (tertiary/aromatic N) is 3. The number of imidazole rings is 1. The highest BCUT2D eigenvalue weighted by atomic mass is 32.1.